The number of aromatic nitrogens is 3. The number of carbonyl (C=O) groups is 1. The summed E-state index contributed by atoms with van der Waals surface area (Å²) >= 11 is 0. The first-order valence-corrected chi connectivity index (χ1v) is 9.52. The molecule has 144 valence electrons. The molecule has 2 aromatic carbocycles. The molecular weight excluding hydrogens is 350 g/mol. The highest BCUT2D eigenvalue weighted by atomic mass is 16.4. The van der Waals surface area contributed by atoms with Crippen molar-refractivity contribution in [1.29, 1.82) is 0 Å². The first kappa shape index (κ1) is 19.5. The van der Waals surface area contributed by atoms with Crippen LogP contribution in [0.25, 0.3) is 17.2 Å². The number of carboxylic acid groups (broad SMARTS) is 1. The van der Waals surface area contributed by atoms with Gasteiger partial charge in [0.25, 0.3) is 0 Å². The molecular formula is C23H25N3O2. The minimum Gasteiger partial charge on any atom is -0.478 e. The molecule has 5 nitrogen and oxygen atoms in total. The van der Waals surface area contributed by atoms with Crippen LogP contribution in [-0.2, 0) is 6.54 Å². The van der Waals surface area contributed by atoms with E-state index >= 15 is 0 Å². The Kier molecular flexibility index (Phi) is 6.04. The Bertz CT molecular complexity index is 985. The van der Waals surface area contributed by atoms with Crippen LogP contribution in [0.4, 0.5) is 0 Å². The van der Waals surface area contributed by atoms with Gasteiger partial charge in [-0.2, -0.15) is 5.10 Å². The highest BCUT2D eigenvalue weighted by molar-refractivity contribution is 5.95. The topological polar surface area (TPSA) is 68.0 Å². The molecule has 0 radical (unpaired) electrons. The fraction of sp³-hybridized carbons (Fsp3) is 0.261. The summed E-state index contributed by atoms with van der Waals surface area (Å²) in [5.74, 6) is 1.04. The van der Waals surface area contributed by atoms with Gasteiger partial charge in [-0.3, -0.25) is 0 Å². The van der Waals surface area contributed by atoms with Gasteiger partial charge in [-0.1, -0.05) is 69.3 Å². The lowest BCUT2D eigenvalue weighted by atomic mass is 9.99. The quantitative estimate of drug-likeness (QED) is 0.613. The van der Waals surface area contributed by atoms with E-state index in [1.165, 1.54) is 0 Å². The third-order valence-corrected chi connectivity index (χ3v) is 4.49. The number of allylic oxidation sites excluding steroid dienone is 1. The average Bonchev–Trinajstić information content (AvgIpc) is 3.10. The summed E-state index contributed by atoms with van der Waals surface area (Å²) in [6.45, 7) is 6.88. The molecule has 1 heterocycles. The Morgan fingerprint density at radius 1 is 1.14 bits per heavy atom. The third kappa shape index (κ3) is 4.36. The van der Waals surface area contributed by atoms with Crippen LogP contribution < -0.4 is 0 Å². The van der Waals surface area contributed by atoms with E-state index in [-0.39, 0.29) is 5.92 Å². The highest BCUT2D eigenvalue weighted by Crippen LogP contribution is 2.24. The molecule has 1 aromatic heterocycles. The van der Waals surface area contributed by atoms with Crippen molar-refractivity contribution < 1.29 is 9.90 Å². The maximum atomic E-state index is 11.5. The number of hydrogen-bond donors (Lipinski definition) is 1. The molecule has 5 heteroatoms. The highest BCUT2D eigenvalue weighted by Gasteiger charge is 2.13. The molecule has 0 atom stereocenters. The van der Waals surface area contributed by atoms with Crippen LogP contribution in [0.3, 0.4) is 0 Å². The van der Waals surface area contributed by atoms with Gasteiger partial charge in [-0.25, -0.2) is 14.5 Å². The van der Waals surface area contributed by atoms with E-state index in [1.807, 2.05) is 47.2 Å². The summed E-state index contributed by atoms with van der Waals surface area (Å²) in [6, 6.07) is 15.0. The zero-order valence-electron chi connectivity index (χ0n) is 16.5. The van der Waals surface area contributed by atoms with Gasteiger partial charge >= 0.3 is 5.97 Å². The minimum absolute atomic E-state index is 0.268. The third-order valence-electron chi connectivity index (χ3n) is 4.49. The zero-order chi connectivity index (χ0) is 20.1. The molecule has 3 rings (SSSR count). The second kappa shape index (κ2) is 8.65. The van der Waals surface area contributed by atoms with Crippen molar-refractivity contribution in [2.24, 2.45) is 0 Å². The normalized spacial score (nSPS) is 11.4. The number of benzene rings is 2. The van der Waals surface area contributed by atoms with Gasteiger partial charge in [0.05, 0.1) is 12.1 Å². The van der Waals surface area contributed by atoms with Crippen molar-refractivity contribution in [3.05, 3.63) is 77.4 Å². The van der Waals surface area contributed by atoms with E-state index in [1.54, 1.807) is 12.1 Å². The van der Waals surface area contributed by atoms with Crippen LogP contribution in [0.15, 0.2) is 54.6 Å². The average molecular weight is 375 g/mol. The minimum atomic E-state index is -0.920. The second-order valence-corrected chi connectivity index (χ2v) is 7.00. The number of carboxylic acids is 1. The molecule has 28 heavy (non-hydrogen) atoms. The lowest BCUT2D eigenvalue weighted by Crippen LogP contribution is -2.05. The Hall–Kier alpha value is -3.21. The zero-order valence-corrected chi connectivity index (χ0v) is 16.5. The van der Waals surface area contributed by atoms with E-state index in [2.05, 4.69) is 36.9 Å². The van der Waals surface area contributed by atoms with Gasteiger partial charge in [0.2, 0.25) is 0 Å². The first-order valence-electron chi connectivity index (χ1n) is 9.52. The predicted octanol–water partition coefficient (Wildman–Crippen LogP) is 5.24. The summed E-state index contributed by atoms with van der Waals surface area (Å²) in [4.78, 5) is 16.1. The number of rotatable bonds is 7. The summed E-state index contributed by atoms with van der Waals surface area (Å²) in [5, 5.41) is 14.1. The maximum absolute atomic E-state index is 11.5. The molecule has 0 unspecified atom stereocenters. The van der Waals surface area contributed by atoms with E-state index in [0.717, 1.165) is 34.8 Å². The van der Waals surface area contributed by atoms with Crippen molar-refractivity contribution in [1.82, 2.24) is 14.8 Å². The molecule has 1 N–H and O–H groups in total. The van der Waals surface area contributed by atoms with Crippen LogP contribution in [0.5, 0.6) is 0 Å². The summed E-state index contributed by atoms with van der Waals surface area (Å²) in [6.07, 6.45) is 5.04. The SMILES string of the molecule is CCC=Cc1nc(C(C)C)nn1Cc1ccc(-c2ccccc2C(=O)O)cc1. The molecule has 0 aliphatic rings. The lowest BCUT2D eigenvalue weighted by molar-refractivity contribution is 0.0697. The Morgan fingerprint density at radius 3 is 2.50 bits per heavy atom. The van der Waals surface area contributed by atoms with Crippen molar-refractivity contribution in [2.75, 3.05) is 0 Å². The van der Waals surface area contributed by atoms with E-state index in [4.69, 9.17) is 0 Å². The Morgan fingerprint density at radius 2 is 1.86 bits per heavy atom. The summed E-state index contributed by atoms with van der Waals surface area (Å²) in [5.41, 5.74) is 2.99. The van der Waals surface area contributed by atoms with Crippen molar-refractivity contribution in [3.63, 3.8) is 0 Å². The molecule has 0 bridgehead atoms. The van der Waals surface area contributed by atoms with Gasteiger partial charge in [0, 0.05) is 5.92 Å². The predicted molar refractivity (Wildman–Crippen MR) is 111 cm³/mol. The number of aromatic carboxylic acids is 1. The number of nitrogens with zero attached hydrogens (tertiary/aromatic N) is 3. The molecule has 0 saturated carbocycles. The van der Waals surface area contributed by atoms with Gasteiger partial charge < -0.3 is 5.11 Å². The van der Waals surface area contributed by atoms with E-state index < -0.39 is 5.97 Å². The Balaban J connectivity index is 1.88. The maximum Gasteiger partial charge on any atom is 0.336 e. The second-order valence-electron chi connectivity index (χ2n) is 7.00. The molecule has 0 aliphatic carbocycles. The van der Waals surface area contributed by atoms with Crippen LogP contribution >= 0.6 is 0 Å². The molecule has 0 spiro atoms. The first-order chi connectivity index (χ1) is 13.5. The summed E-state index contributed by atoms with van der Waals surface area (Å²) < 4.78 is 1.92. The lowest BCUT2D eigenvalue weighted by Gasteiger charge is -2.08. The van der Waals surface area contributed by atoms with Crippen LogP contribution in [-0.4, -0.2) is 25.8 Å². The standard InChI is InChI=1S/C23H25N3O2/c1-4-5-10-21-24-22(16(2)3)25-26(21)15-17-11-13-18(14-12-17)19-8-6-7-9-20(19)23(27)28/h5-14,16H,4,15H2,1-3H3,(H,27,28). The van der Waals surface area contributed by atoms with Gasteiger partial charge in [-0.05, 0) is 35.3 Å². The Labute approximate surface area is 165 Å². The summed E-state index contributed by atoms with van der Waals surface area (Å²) in [7, 11) is 0. The fourth-order valence-corrected chi connectivity index (χ4v) is 2.96. The monoisotopic (exact) mass is 375 g/mol. The van der Waals surface area contributed by atoms with E-state index in [9.17, 15) is 9.90 Å². The van der Waals surface area contributed by atoms with Crippen molar-refractivity contribution in [3.8, 4) is 11.1 Å². The van der Waals surface area contributed by atoms with Gasteiger partial charge in [0.1, 0.15) is 0 Å². The fourth-order valence-electron chi connectivity index (χ4n) is 2.96. The number of hydrogen-bond acceptors (Lipinski definition) is 3. The molecule has 3 aromatic rings. The molecule has 0 saturated heterocycles. The van der Waals surface area contributed by atoms with Crippen LogP contribution in [0.1, 0.15) is 60.7 Å². The largest absolute Gasteiger partial charge is 0.478 e. The molecule has 0 fully saturated rings. The van der Waals surface area contributed by atoms with Crippen LogP contribution in [0, 0.1) is 0 Å². The smallest absolute Gasteiger partial charge is 0.336 e. The molecule has 0 amide bonds. The molecule has 0 aliphatic heterocycles. The van der Waals surface area contributed by atoms with Crippen molar-refractivity contribution in [2.45, 2.75) is 39.7 Å². The van der Waals surface area contributed by atoms with Gasteiger partial charge in [-0.15, -0.1) is 0 Å². The van der Waals surface area contributed by atoms with Gasteiger partial charge in [0.15, 0.2) is 11.6 Å². The van der Waals surface area contributed by atoms with Crippen LogP contribution in [0.2, 0.25) is 0 Å². The van der Waals surface area contributed by atoms with Crippen molar-refractivity contribution >= 4 is 12.0 Å². The van der Waals surface area contributed by atoms with E-state index in [0.29, 0.717) is 12.1 Å².